The van der Waals surface area contributed by atoms with Crippen LogP contribution in [0.25, 0.3) is 0 Å². The van der Waals surface area contributed by atoms with E-state index >= 15 is 0 Å². The molecule has 1 atom stereocenters. The maximum absolute atomic E-state index is 12.7. The fourth-order valence-electron chi connectivity index (χ4n) is 2.98. The first-order valence-corrected chi connectivity index (χ1v) is 9.48. The molecule has 0 aliphatic heterocycles. The number of nitrogens with two attached hydrogens (primary N) is 1. The van der Waals surface area contributed by atoms with Gasteiger partial charge in [0.2, 0.25) is 0 Å². The third kappa shape index (κ3) is 6.18. The minimum Gasteiger partial charge on any atom is -0.406 e. The number of alkyl halides is 3. The van der Waals surface area contributed by atoms with Gasteiger partial charge in [-0.15, -0.1) is 18.7 Å². The topological polar surface area (TPSA) is 112 Å². The molecule has 1 aromatic heterocycles. The van der Waals surface area contributed by atoms with E-state index < -0.39 is 24.2 Å². The molecule has 9 nitrogen and oxygen atoms in total. The number of hydroxylamine groups is 1. The Morgan fingerprint density at radius 1 is 1.32 bits per heavy atom. The Bertz CT molecular complexity index is 912. The van der Waals surface area contributed by atoms with Gasteiger partial charge in [-0.3, -0.25) is 4.79 Å². The molecular formula is C19H22F3N5O4. The summed E-state index contributed by atoms with van der Waals surface area (Å²) in [4.78, 5) is 35.4. The summed E-state index contributed by atoms with van der Waals surface area (Å²) in [5.41, 5.74) is 8.79. The van der Waals surface area contributed by atoms with Crippen LogP contribution in [0.3, 0.4) is 0 Å². The van der Waals surface area contributed by atoms with Crippen molar-refractivity contribution < 1.29 is 32.3 Å². The van der Waals surface area contributed by atoms with E-state index in [0.29, 0.717) is 5.56 Å². The first-order valence-electron chi connectivity index (χ1n) is 9.48. The molecule has 1 aliphatic rings. The number of halogens is 3. The Labute approximate surface area is 175 Å². The van der Waals surface area contributed by atoms with Gasteiger partial charge in [0.25, 0.3) is 5.91 Å². The van der Waals surface area contributed by atoms with Gasteiger partial charge in [0, 0.05) is 19.3 Å². The quantitative estimate of drug-likeness (QED) is 0.476. The first kappa shape index (κ1) is 22.6. The molecule has 1 aliphatic carbocycles. The molecule has 1 fully saturated rings. The van der Waals surface area contributed by atoms with Crippen LogP contribution in [0, 0.1) is 0 Å². The van der Waals surface area contributed by atoms with Gasteiger partial charge in [0.1, 0.15) is 24.2 Å². The van der Waals surface area contributed by atoms with E-state index in [-0.39, 0.29) is 24.2 Å². The lowest BCUT2D eigenvalue weighted by atomic mass is 9.91. The second-order valence-corrected chi connectivity index (χ2v) is 7.13. The summed E-state index contributed by atoms with van der Waals surface area (Å²) in [6.45, 7) is -0.293. The zero-order valence-corrected chi connectivity index (χ0v) is 16.6. The molecule has 0 spiro atoms. The number of imidazole rings is 1. The maximum atomic E-state index is 12.7. The molecule has 3 rings (SSSR count). The number of nitrogens with one attached hydrogen (secondary N) is 1. The monoisotopic (exact) mass is 441 g/mol. The summed E-state index contributed by atoms with van der Waals surface area (Å²) < 4.78 is 42.1. The molecule has 0 bridgehead atoms. The largest absolute Gasteiger partial charge is 0.573 e. The molecule has 1 unspecified atom stereocenters. The van der Waals surface area contributed by atoms with E-state index in [2.05, 4.69) is 15.2 Å². The van der Waals surface area contributed by atoms with E-state index in [1.54, 1.807) is 17.8 Å². The van der Waals surface area contributed by atoms with Crippen molar-refractivity contribution in [2.45, 2.75) is 37.8 Å². The van der Waals surface area contributed by atoms with Gasteiger partial charge < -0.3 is 24.8 Å². The Balaban J connectivity index is 1.54. The summed E-state index contributed by atoms with van der Waals surface area (Å²) >= 11 is 0. The van der Waals surface area contributed by atoms with Crippen LogP contribution < -0.4 is 16.0 Å². The molecular weight excluding hydrogens is 419 g/mol. The number of amides is 1. The molecule has 0 radical (unpaired) electrons. The minimum atomic E-state index is -4.80. The van der Waals surface area contributed by atoms with Crippen molar-refractivity contribution in [3.8, 4) is 5.75 Å². The zero-order valence-electron chi connectivity index (χ0n) is 16.6. The van der Waals surface area contributed by atoms with E-state index in [0.717, 1.165) is 31.4 Å². The van der Waals surface area contributed by atoms with E-state index in [1.807, 2.05) is 0 Å². The molecule has 3 N–H and O–H groups in total. The van der Waals surface area contributed by atoms with Crippen molar-refractivity contribution in [3.63, 3.8) is 0 Å². The lowest BCUT2D eigenvalue weighted by Gasteiger charge is -2.36. The highest BCUT2D eigenvalue weighted by Crippen LogP contribution is 2.26. The molecule has 12 heteroatoms. The number of ether oxygens (including phenoxy) is 1. The molecule has 1 saturated carbocycles. The van der Waals surface area contributed by atoms with Crippen molar-refractivity contribution in [1.82, 2.24) is 19.9 Å². The molecule has 0 saturated heterocycles. The van der Waals surface area contributed by atoms with Crippen LogP contribution in [0.2, 0.25) is 0 Å². The van der Waals surface area contributed by atoms with Crippen molar-refractivity contribution in [3.05, 3.63) is 48.0 Å². The lowest BCUT2D eigenvalue weighted by molar-refractivity contribution is -0.274. The number of benzene rings is 1. The number of hydrogen-bond acceptors (Lipinski definition) is 7. The number of carbonyl (C=O) groups excluding carboxylic acids is 2. The molecule has 31 heavy (non-hydrogen) atoms. The average Bonchev–Trinajstić information content (AvgIpc) is 3.09. The Morgan fingerprint density at radius 3 is 2.52 bits per heavy atom. The highest BCUT2D eigenvalue weighted by atomic mass is 19.4. The first-order chi connectivity index (χ1) is 14.6. The summed E-state index contributed by atoms with van der Waals surface area (Å²) in [7, 11) is 1.73. The standard InChI is InChI=1S/C19H22F3N5O4/c1-26-9-15(24-11-26)18(29)27(13-3-2-4-13)10-16(28)31-25-17(23)12-5-7-14(8-6-12)30-19(20,21)22/h5-9,11,13,17,25H,2-4,10,23H2,1H3. The molecule has 168 valence electrons. The average molecular weight is 441 g/mol. The molecule has 1 amide bonds. The maximum Gasteiger partial charge on any atom is 0.573 e. The number of hydrogen-bond donors (Lipinski definition) is 2. The van der Waals surface area contributed by atoms with Crippen LogP contribution >= 0.6 is 0 Å². The summed E-state index contributed by atoms with van der Waals surface area (Å²) in [6, 6.07) is 4.72. The SMILES string of the molecule is Cn1cnc(C(=O)N(CC(=O)ONC(N)c2ccc(OC(F)(F)F)cc2)C2CCC2)c1. The van der Waals surface area contributed by atoms with Gasteiger partial charge in [0.15, 0.2) is 0 Å². The second kappa shape index (κ2) is 9.35. The second-order valence-electron chi connectivity index (χ2n) is 7.13. The van der Waals surface area contributed by atoms with Gasteiger partial charge in [-0.1, -0.05) is 12.1 Å². The fourth-order valence-corrected chi connectivity index (χ4v) is 2.98. The number of nitrogens with zero attached hydrogens (tertiary/aromatic N) is 3. The number of rotatable bonds is 8. The summed E-state index contributed by atoms with van der Waals surface area (Å²) in [5, 5.41) is 0. The van der Waals surface area contributed by atoms with E-state index in [9.17, 15) is 22.8 Å². The van der Waals surface area contributed by atoms with Gasteiger partial charge >= 0.3 is 12.3 Å². The minimum absolute atomic E-state index is 0.0723. The fraction of sp³-hybridized carbons (Fsp3) is 0.421. The Hall–Kier alpha value is -3.12. The van der Waals surface area contributed by atoms with E-state index in [1.165, 1.54) is 23.4 Å². The van der Waals surface area contributed by atoms with Gasteiger partial charge in [-0.2, -0.15) is 0 Å². The zero-order chi connectivity index (χ0) is 22.6. The third-order valence-corrected chi connectivity index (χ3v) is 4.77. The highest BCUT2D eigenvalue weighted by Gasteiger charge is 2.33. The number of aromatic nitrogens is 2. The van der Waals surface area contributed by atoms with Crippen molar-refractivity contribution in [1.29, 1.82) is 0 Å². The molecule has 1 heterocycles. The van der Waals surface area contributed by atoms with Crippen molar-refractivity contribution >= 4 is 11.9 Å². The van der Waals surface area contributed by atoms with Gasteiger partial charge in [-0.25, -0.2) is 9.78 Å². The van der Waals surface area contributed by atoms with Crippen molar-refractivity contribution in [2.24, 2.45) is 12.8 Å². The molecule has 2 aromatic rings. The third-order valence-electron chi connectivity index (χ3n) is 4.77. The predicted molar refractivity (Wildman–Crippen MR) is 101 cm³/mol. The smallest absolute Gasteiger partial charge is 0.406 e. The van der Waals surface area contributed by atoms with Crippen LogP contribution in [0.5, 0.6) is 5.75 Å². The number of aryl methyl sites for hydroxylation is 1. The Kier molecular flexibility index (Phi) is 6.81. The normalized spacial score (nSPS) is 15.1. The predicted octanol–water partition coefficient (Wildman–Crippen LogP) is 2.02. The highest BCUT2D eigenvalue weighted by molar-refractivity contribution is 5.94. The van der Waals surface area contributed by atoms with Crippen LogP contribution in [0.15, 0.2) is 36.8 Å². The van der Waals surface area contributed by atoms with Gasteiger partial charge in [0.05, 0.1) is 6.33 Å². The van der Waals surface area contributed by atoms with E-state index in [4.69, 9.17) is 10.6 Å². The van der Waals surface area contributed by atoms with Crippen LogP contribution in [-0.2, 0) is 16.7 Å². The van der Waals surface area contributed by atoms with Crippen LogP contribution in [0.4, 0.5) is 13.2 Å². The summed E-state index contributed by atoms with van der Waals surface area (Å²) in [5.74, 6) is -1.50. The van der Waals surface area contributed by atoms with Crippen LogP contribution in [-0.4, -0.2) is 45.3 Å². The van der Waals surface area contributed by atoms with Gasteiger partial charge in [-0.05, 0) is 37.0 Å². The lowest BCUT2D eigenvalue weighted by Crippen LogP contribution is -2.48. The van der Waals surface area contributed by atoms with Crippen LogP contribution in [0.1, 0.15) is 41.5 Å². The summed E-state index contributed by atoms with van der Waals surface area (Å²) in [6.07, 6.45) is -0.196. The molecule has 1 aromatic carbocycles. The van der Waals surface area contributed by atoms with Crippen molar-refractivity contribution in [2.75, 3.05) is 6.54 Å². The Morgan fingerprint density at radius 2 is 2.00 bits per heavy atom. The number of carbonyl (C=O) groups is 2.